The highest BCUT2D eigenvalue weighted by Gasteiger charge is 2.32. The van der Waals surface area contributed by atoms with E-state index in [9.17, 15) is 9.59 Å². The standard InChI is InChI=1S/C20H30N2O2S/c1-21(17-10-5-3-2-4-6-11-17)19(23)16-9-7-13-22(15-16)20(24)18-12-8-14-25-18/h8,12,14,16-17H,2-7,9-11,13,15H2,1H3. The molecule has 0 aromatic carbocycles. The Morgan fingerprint density at radius 2 is 1.80 bits per heavy atom. The molecule has 5 heteroatoms. The lowest BCUT2D eigenvalue weighted by Crippen LogP contribution is -2.48. The van der Waals surface area contributed by atoms with Gasteiger partial charge in [-0.25, -0.2) is 0 Å². The second kappa shape index (κ2) is 8.84. The zero-order chi connectivity index (χ0) is 17.6. The highest BCUT2D eigenvalue weighted by atomic mass is 32.1. The van der Waals surface area contributed by atoms with Crippen LogP contribution in [0.1, 0.15) is 67.5 Å². The van der Waals surface area contributed by atoms with Crippen molar-refractivity contribution in [3.05, 3.63) is 22.4 Å². The van der Waals surface area contributed by atoms with Crippen molar-refractivity contribution in [3.63, 3.8) is 0 Å². The summed E-state index contributed by atoms with van der Waals surface area (Å²) in [5.74, 6) is 0.295. The molecule has 2 fully saturated rings. The Bertz CT molecular complexity index is 564. The van der Waals surface area contributed by atoms with Crippen LogP contribution in [0.5, 0.6) is 0 Å². The molecule has 1 aromatic rings. The minimum absolute atomic E-state index is 0.0342. The number of hydrogen-bond acceptors (Lipinski definition) is 3. The number of carbonyl (C=O) groups excluding carboxylic acids is 2. The normalized spacial score (nSPS) is 22.9. The molecule has 1 saturated carbocycles. The van der Waals surface area contributed by atoms with Crippen molar-refractivity contribution in [1.82, 2.24) is 9.80 Å². The SMILES string of the molecule is CN(C(=O)C1CCCN(C(=O)c2cccs2)C1)C1CCCCCCC1. The van der Waals surface area contributed by atoms with Crippen molar-refractivity contribution in [2.75, 3.05) is 20.1 Å². The summed E-state index contributed by atoms with van der Waals surface area (Å²) in [5.41, 5.74) is 0. The first kappa shape index (κ1) is 18.4. The van der Waals surface area contributed by atoms with Crippen LogP contribution in [0.3, 0.4) is 0 Å². The first-order valence-corrected chi connectivity index (χ1v) is 10.6. The molecule has 1 aliphatic heterocycles. The highest BCUT2D eigenvalue weighted by molar-refractivity contribution is 7.12. The van der Waals surface area contributed by atoms with Crippen LogP contribution >= 0.6 is 11.3 Å². The number of rotatable bonds is 3. The molecule has 1 unspecified atom stereocenters. The van der Waals surface area contributed by atoms with Crippen LogP contribution in [0.2, 0.25) is 0 Å². The Morgan fingerprint density at radius 3 is 2.48 bits per heavy atom. The molecule has 3 rings (SSSR count). The van der Waals surface area contributed by atoms with Crippen molar-refractivity contribution in [2.24, 2.45) is 5.92 Å². The van der Waals surface area contributed by atoms with Gasteiger partial charge in [0.15, 0.2) is 0 Å². The number of nitrogens with zero attached hydrogens (tertiary/aromatic N) is 2. The van der Waals surface area contributed by atoms with Gasteiger partial charge in [0.05, 0.1) is 10.8 Å². The Labute approximate surface area is 155 Å². The van der Waals surface area contributed by atoms with E-state index in [1.165, 1.54) is 43.4 Å². The van der Waals surface area contributed by atoms with Gasteiger partial charge in [-0.1, -0.05) is 38.2 Å². The van der Waals surface area contributed by atoms with Crippen molar-refractivity contribution < 1.29 is 9.59 Å². The minimum Gasteiger partial charge on any atom is -0.342 e. The lowest BCUT2D eigenvalue weighted by atomic mass is 9.92. The number of likely N-dealkylation sites (tertiary alicyclic amines) is 1. The van der Waals surface area contributed by atoms with E-state index in [0.717, 1.165) is 37.1 Å². The molecule has 2 amide bonds. The summed E-state index contributed by atoms with van der Waals surface area (Å²) in [5, 5.41) is 1.93. The number of amides is 2. The van der Waals surface area contributed by atoms with Crippen LogP contribution in [0.4, 0.5) is 0 Å². The predicted molar refractivity (Wildman–Crippen MR) is 102 cm³/mol. The van der Waals surface area contributed by atoms with E-state index in [1.807, 2.05) is 34.4 Å². The third-order valence-electron chi connectivity index (χ3n) is 5.76. The van der Waals surface area contributed by atoms with Crippen LogP contribution in [-0.2, 0) is 4.79 Å². The van der Waals surface area contributed by atoms with Gasteiger partial charge in [-0.3, -0.25) is 9.59 Å². The molecule has 0 radical (unpaired) electrons. The summed E-state index contributed by atoms with van der Waals surface area (Å²) in [6.07, 6.45) is 10.5. The van der Waals surface area contributed by atoms with Gasteiger partial charge in [0.25, 0.3) is 5.91 Å². The van der Waals surface area contributed by atoms with Gasteiger partial charge >= 0.3 is 0 Å². The molecule has 1 atom stereocenters. The third kappa shape index (κ3) is 4.63. The molecule has 1 saturated heterocycles. The molecule has 25 heavy (non-hydrogen) atoms. The van der Waals surface area contributed by atoms with Crippen LogP contribution in [0.25, 0.3) is 0 Å². The van der Waals surface area contributed by atoms with Crippen molar-refractivity contribution in [3.8, 4) is 0 Å². The molecule has 1 aromatic heterocycles. The molecule has 2 aliphatic rings. The van der Waals surface area contributed by atoms with Crippen molar-refractivity contribution >= 4 is 23.2 Å². The maximum atomic E-state index is 13.0. The summed E-state index contributed by atoms with van der Waals surface area (Å²) in [6, 6.07) is 4.17. The van der Waals surface area contributed by atoms with E-state index in [4.69, 9.17) is 0 Å². The molecule has 2 heterocycles. The molecular weight excluding hydrogens is 332 g/mol. The van der Waals surface area contributed by atoms with E-state index in [0.29, 0.717) is 12.6 Å². The Hall–Kier alpha value is -1.36. The Kier molecular flexibility index (Phi) is 6.51. The fraction of sp³-hybridized carbons (Fsp3) is 0.700. The zero-order valence-corrected chi connectivity index (χ0v) is 16.1. The van der Waals surface area contributed by atoms with Gasteiger partial charge in [0.2, 0.25) is 5.91 Å². The average Bonchev–Trinajstić information content (AvgIpc) is 3.14. The fourth-order valence-corrected chi connectivity index (χ4v) is 4.90. The molecule has 0 bridgehead atoms. The van der Waals surface area contributed by atoms with E-state index in [1.54, 1.807) is 0 Å². The summed E-state index contributed by atoms with van der Waals surface area (Å²) in [4.78, 5) is 30.3. The molecule has 0 N–H and O–H groups in total. The third-order valence-corrected chi connectivity index (χ3v) is 6.62. The summed E-state index contributed by atoms with van der Waals surface area (Å²) >= 11 is 1.48. The van der Waals surface area contributed by atoms with Gasteiger partial charge in [-0.05, 0) is 37.1 Å². The second-order valence-corrected chi connectivity index (χ2v) is 8.46. The lowest BCUT2D eigenvalue weighted by Gasteiger charge is -2.37. The molecular formula is C20H30N2O2S. The van der Waals surface area contributed by atoms with Gasteiger partial charge in [0.1, 0.15) is 0 Å². The van der Waals surface area contributed by atoms with Crippen LogP contribution in [-0.4, -0.2) is 47.8 Å². The Morgan fingerprint density at radius 1 is 1.08 bits per heavy atom. The summed E-state index contributed by atoms with van der Waals surface area (Å²) in [7, 11) is 1.98. The van der Waals surface area contributed by atoms with Gasteiger partial charge in [-0.2, -0.15) is 0 Å². The lowest BCUT2D eigenvalue weighted by molar-refractivity contribution is -0.138. The van der Waals surface area contributed by atoms with Crippen LogP contribution in [0, 0.1) is 5.92 Å². The zero-order valence-electron chi connectivity index (χ0n) is 15.3. The number of thiophene rings is 1. The van der Waals surface area contributed by atoms with Crippen molar-refractivity contribution in [1.29, 1.82) is 0 Å². The highest BCUT2D eigenvalue weighted by Crippen LogP contribution is 2.25. The van der Waals surface area contributed by atoms with Gasteiger partial charge in [0, 0.05) is 26.2 Å². The maximum Gasteiger partial charge on any atom is 0.263 e. The first-order chi connectivity index (χ1) is 12.2. The number of hydrogen-bond donors (Lipinski definition) is 0. The van der Waals surface area contributed by atoms with E-state index >= 15 is 0 Å². The van der Waals surface area contributed by atoms with Gasteiger partial charge in [-0.15, -0.1) is 11.3 Å². The summed E-state index contributed by atoms with van der Waals surface area (Å²) in [6.45, 7) is 1.35. The fourth-order valence-electron chi connectivity index (χ4n) is 4.21. The predicted octanol–water partition coefficient (Wildman–Crippen LogP) is 4.17. The number of carbonyl (C=O) groups is 2. The van der Waals surface area contributed by atoms with E-state index < -0.39 is 0 Å². The topological polar surface area (TPSA) is 40.6 Å². The second-order valence-electron chi connectivity index (χ2n) is 7.52. The first-order valence-electron chi connectivity index (χ1n) is 9.76. The summed E-state index contributed by atoms with van der Waals surface area (Å²) < 4.78 is 0. The van der Waals surface area contributed by atoms with Crippen LogP contribution in [0.15, 0.2) is 17.5 Å². The smallest absolute Gasteiger partial charge is 0.263 e. The quantitative estimate of drug-likeness (QED) is 0.810. The van der Waals surface area contributed by atoms with Crippen molar-refractivity contribution in [2.45, 2.75) is 63.8 Å². The molecule has 138 valence electrons. The molecule has 0 spiro atoms. The minimum atomic E-state index is -0.0342. The van der Waals surface area contributed by atoms with Crippen LogP contribution < -0.4 is 0 Å². The maximum absolute atomic E-state index is 13.0. The largest absolute Gasteiger partial charge is 0.342 e. The number of piperidine rings is 1. The van der Waals surface area contributed by atoms with E-state index in [2.05, 4.69) is 0 Å². The monoisotopic (exact) mass is 362 g/mol. The Balaban J connectivity index is 1.59. The molecule has 1 aliphatic carbocycles. The average molecular weight is 363 g/mol. The molecule has 4 nitrogen and oxygen atoms in total. The van der Waals surface area contributed by atoms with Gasteiger partial charge < -0.3 is 9.80 Å². The van der Waals surface area contributed by atoms with E-state index in [-0.39, 0.29) is 17.7 Å².